The molecule has 0 rings (SSSR count). The number of ether oxygens (including phenoxy) is 2. The zero-order valence-electron chi connectivity index (χ0n) is 33.3. The van der Waals surface area contributed by atoms with Gasteiger partial charge in [0.2, 0.25) is 0 Å². The minimum Gasteiger partial charge on any atom is -0.462 e. The molecule has 308 valence electrons. The Hall–Kier alpha value is -2.85. The van der Waals surface area contributed by atoms with Crippen LogP contribution >= 0.6 is 7.82 Å². The number of unbranched alkanes of at least 4 members (excludes halogenated alkanes) is 7. The minimum atomic E-state index is -4.41. The van der Waals surface area contributed by atoms with E-state index in [9.17, 15) is 24.2 Å². The first-order chi connectivity index (χ1) is 26.2. The van der Waals surface area contributed by atoms with Crippen LogP contribution < -0.4 is 5.73 Å². The standard InChI is InChI=1S/C43H72NO9P/c1-3-4-5-6-7-8-9-10-12-16-19-22-25-28-31-34-42(46)50-38-41(39-52-54(48,49)51-37-36-44)53-43(47)35-32-29-26-23-20-17-14-11-13-15-18-21-24-27-30-33-40(2)45/h7-8,10,12-15,17,19,21-24,26,40-41,45H,3-6,9,11,16,18,20,25,27-39,44H2,1-2H3,(H,48,49)/b8-7-,12-10-,15-13-,17-14-,22-19-,24-21-,26-23-/t40-,41+/m0/s1. The Kier molecular flexibility index (Phi) is 36.4. The van der Waals surface area contributed by atoms with E-state index in [-0.39, 0.29) is 38.7 Å². The van der Waals surface area contributed by atoms with Gasteiger partial charge in [0.25, 0.3) is 0 Å². The first-order valence-electron chi connectivity index (χ1n) is 20.1. The quantitative estimate of drug-likeness (QED) is 0.0242. The molecule has 0 saturated heterocycles. The number of aliphatic hydroxyl groups excluding tert-OH is 1. The number of carbonyl (C=O) groups excluding carboxylic acids is 2. The Morgan fingerprint density at radius 1 is 0.630 bits per heavy atom. The highest BCUT2D eigenvalue weighted by Gasteiger charge is 2.25. The van der Waals surface area contributed by atoms with E-state index in [1.807, 2.05) is 19.1 Å². The summed E-state index contributed by atoms with van der Waals surface area (Å²) in [5, 5.41) is 9.26. The largest absolute Gasteiger partial charge is 0.472 e. The third-order valence-electron chi connectivity index (χ3n) is 7.77. The second-order valence-corrected chi connectivity index (χ2v) is 14.5. The molecule has 11 heteroatoms. The third kappa shape index (κ3) is 38.9. The van der Waals surface area contributed by atoms with E-state index >= 15 is 0 Å². The lowest BCUT2D eigenvalue weighted by atomic mass is 10.1. The molecular formula is C43H72NO9P. The Bertz CT molecular complexity index is 1170. The Labute approximate surface area is 326 Å². The van der Waals surface area contributed by atoms with Crippen LogP contribution in [0.5, 0.6) is 0 Å². The van der Waals surface area contributed by atoms with Gasteiger partial charge in [-0.2, -0.15) is 0 Å². The zero-order valence-corrected chi connectivity index (χ0v) is 34.2. The summed E-state index contributed by atoms with van der Waals surface area (Å²) in [6.45, 7) is 3.10. The molecule has 0 aromatic rings. The lowest BCUT2D eigenvalue weighted by molar-refractivity contribution is -0.161. The summed E-state index contributed by atoms with van der Waals surface area (Å²) < 4.78 is 32.6. The molecule has 4 N–H and O–H groups in total. The smallest absolute Gasteiger partial charge is 0.462 e. The van der Waals surface area contributed by atoms with Crippen LogP contribution in [0.3, 0.4) is 0 Å². The van der Waals surface area contributed by atoms with Crippen molar-refractivity contribution in [1.82, 2.24) is 0 Å². The van der Waals surface area contributed by atoms with E-state index in [4.69, 9.17) is 24.3 Å². The monoisotopic (exact) mass is 777 g/mol. The lowest BCUT2D eigenvalue weighted by Crippen LogP contribution is -2.29. The van der Waals surface area contributed by atoms with Crippen LogP contribution in [0, 0.1) is 0 Å². The second-order valence-electron chi connectivity index (χ2n) is 13.1. The maximum Gasteiger partial charge on any atom is 0.472 e. The molecule has 0 saturated carbocycles. The van der Waals surface area contributed by atoms with E-state index in [1.54, 1.807) is 0 Å². The minimum absolute atomic E-state index is 0.0296. The fourth-order valence-corrected chi connectivity index (χ4v) is 5.53. The van der Waals surface area contributed by atoms with Crippen LogP contribution in [-0.4, -0.2) is 60.5 Å². The van der Waals surface area contributed by atoms with Gasteiger partial charge in [0.15, 0.2) is 6.10 Å². The first kappa shape index (κ1) is 51.1. The molecule has 0 bridgehead atoms. The molecule has 0 heterocycles. The molecule has 3 atom stereocenters. The molecule has 0 amide bonds. The third-order valence-corrected chi connectivity index (χ3v) is 8.76. The summed E-state index contributed by atoms with van der Waals surface area (Å²) >= 11 is 0. The molecule has 0 aromatic heterocycles. The molecule has 0 aliphatic rings. The van der Waals surface area contributed by atoms with Crippen LogP contribution in [0.25, 0.3) is 0 Å². The molecule has 0 spiro atoms. The number of nitrogens with two attached hydrogens (primary N) is 1. The molecular weight excluding hydrogens is 705 g/mol. The van der Waals surface area contributed by atoms with Crippen molar-refractivity contribution in [3.63, 3.8) is 0 Å². The predicted octanol–water partition coefficient (Wildman–Crippen LogP) is 10.2. The molecule has 10 nitrogen and oxygen atoms in total. The molecule has 54 heavy (non-hydrogen) atoms. The maximum atomic E-state index is 12.5. The Morgan fingerprint density at radius 3 is 1.59 bits per heavy atom. The zero-order chi connectivity index (χ0) is 39.8. The van der Waals surface area contributed by atoms with Crippen LogP contribution in [0.15, 0.2) is 85.1 Å². The molecule has 0 aromatic carbocycles. The maximum absolute atomic E-state index is 12.5. The SMILES string of the molecule is CCCCC/C=C\C/C=C\C/C=C\CCCCC(=O)OC[C@H](COP(=O)(O)OCCN)OC(=O)CCC/C=C\C/C=C\C/C=C\C/C=C\CCC[C@H](C)O. The van der Waals surface area contributed by atoms with E-state index in [0.717, 1.165) is 70.6 Å². The normalized spacial score (nSPS) is 14.8. The van der Waals surface area contributed by atoms with Crippen molar-refractivity contribution in [3.8, 4) is 0 Å². The summed E-state index contributed by atoms with van der Waals surface area (Å²) in [6, 6.07) is 0. The second kappa shape index (κ2) is 38.4. The van der Waals surface area contributed by atoms with Crippen molar-refractivity contribution in [2.24, 2.45) is 5.73 Å². The van der Waals surface area contributed by atoms with E-state index < -0.39 is 32.5 Å². The van der Waals surface area contributed by atoms with Crippen LogP contribution in [0.2, 0.25) is 0 Å². The average molecular weight is 778 g/mol. The Morgan fingerprint density at radius 2 is 1.09 bits per heavy atom. The number of aliphatic hydroxyl groups is 1. The highest BCUT2D eigenvalue weighted by Crippen LogP contribution is 2.43. The van der Waals surface area contributed by atoms with Gasteiger partial charge in [-0.3, -0.25) is 18.6 Å². The number of phosphoric acid groups is 1. The van der Waals surface area contributed by atoms with Crippen molar-refractivity contribution in [3.05, 3.63) is 85.1 Å². The summed E-state index contributed by atoms with van der Waals surface area (Å²) in [5.41, 5.74) is 5.33. The van der Waals surface area contributed by atoms with Gasteiger partial charge in [0.1, 0.15) is 6.61 Å². The fourth-order valence-electron chi connectivity index (χ4n) is 4.77. The average Bonchev–Trinajstić information content (AvgIpc) is 3.14. The van der Waals surface area contributed by atoms with Gasteiger partial charge >= 0.3 is 19.8 Å². The Balaban J connectivity index is 4.39. The van der Waals surface area contributed by atoms with Gasteiger partial charge in [-0.05, 0) is 103 Å². The van der Waals surface area contributed by atoms with Gasteiger partial charge in [0, 0.05) is 19.4 Å². The van der Waals surface area contributed by atoms with Crippen molar-refractivity contribution < 1.29 is 42.7 Å². The van der Waals surface area contributed by atoms with Crippen molar-refractivity contribution in [2.45, 2.75) is 148 Å². The molecule has 1 unspecified atom stereocenters. The summed E-state index contributed by atoms with van der Waals surface area (Å²) in [6.07, 6.45) is 44.7. The number of allylic oxidation sites excluding steroid dienone is 14. The van der Waals surface area contributed by atoms with Crippen LogP contribution in [0.1, 0.15) is 136 Å². The predicted molar refractivity (Wildman–Crippen MR) is 221 cm³/mol. The van der Waals surface area contributed by atoms with Crippen molar-refractivity contribution >= 4 is 19.8 Å². The highest BCUT2D eigenvalue weighted by atomic mass is 31.2. The van der Waals surface area contributed by atoms with Gasteiger partial charge in [0.05, 0.1) is 19.3 Å². The van der Waals surface area contributed by atoms with Gasteiger partial charge in [-0.15, -0.1) is 0 Å². The summed E-state index contributed by atoms with van der Waals surface area (Å²) in [4.78, 5) is 34.7. The number of esters is 2. The fraction of sp³-hybridized carbons (Fsp3) is 0.628. The van der Waals surface area contributed by atoms with Gasteiger partial charge in [-0.1, -0.05) is 105 Å². The first-order valence-corrected chi connectivity index (χ1v) is 21.6. The number of phosphoric ester groups is 1. The number of rotatable bonds is 36. The highest BCUT2D eigenvalue weighted by molar-refractivity contribution is 7.47. The number of carbonyl (C=O) groups is 2. The van der Waals surface area contributed by atoms with Gasteiger partial charge in [-0.25, -0.2) is 4.57 Å². The van der Waals surface area contributed by atoms with E-state index in [0.29, 0.717) is 19.3 Å². The lowest BCUT2D eigenvalue weighted by Gasteiger charge is -2.19. The molecule has 0 radical (unpaired) electrons. The molecule has 0 aliphatic heterocycles. The van der Waals surface area contributed by atoms with Crippen LogP contribution in [0.4, 0.5) is 0 Å². The van der Waals surface area contributed by atoms with Crippen molar-refractivity contribution in [2.75, 3.05) is 26.4 Å². The van der Waals surface area contributed by atoms with E-state index in [2.05, 4.69) is 79.8 Å². The van der Waals surface area contributed by atoms with Gasteiger partial charge < -0.3 is 25.2 Å². The van der Waals surface area contributed by atoms with Crippen LogP contribution in [-0.2, 0) is 32.7 Å². The molecule has 0 aliphatic carbocycles. The molecule has 0 fully saturated rings. The topological polar surface area (TPSA) is 155 Å². The number of hydrogen-bond acceptors (Lipinski definition) is 9. The van der Waals surface area contributed by atoms with Crippen molar-refractivity contribution in [1.29, 1.82) is 0 Å². The summed E-state index contributed by atoms with van der Waals surface area (Å²) in [7, 11) is -4.41. The van der Waals surface area contributed by atoms with E-state index in [1.165, 1.54) is 19.3 Å². The number of hydrogen-bond donors (Lipinski definition) is 3. The summed E-state index contributed by atoms with van der Waals surface area (Å²) in [5.74, 6) is -0.967.